The summed E-state index contributed by atoms with van der Waals surface area (Å²) in [6, 6.07) is 16.3. The van der Waals surface area contributed by atoms with Crippen LogP contribution in [-0.2, 0) is 6.54 Å². The third-order valence-electron chi connectivity index (χ3n) is 3.23. The van der Waals surface area contributed by atoms with E-state index in [1.54, 1.807) is 0 Å². The van der Waals surface area contributed by atoms with E-state index < -0.39 is 0 Å². The molecule has 3 rings (SSSR count). The van der Waals surface area contributed by atoms with Gasteiger partial charge in [-0.25, -0.2) is 0 Å². The zero-order valence-electron chi connectivity index (χ0n) is 11.0. The standard InChI is InChI=1S/C18H14N2/c1-2-14-4-3-5-18(11-14)20-12-15-6-7-17-13-19-9-8-16(17)10-15/h1,3-11,13,20H,12H2. The molecule has 0 aliphatic rings. The fraction of sp³-hybridized carbons (Fsp3) is 0.0556. The van der Waals surface area contributed by atoms with Crippen molar-refractivity contribution in [2.24, 2.45) is 0 Å². The van der Waals surface area contributed by atoms with Crippen LogP contribution in [0.5, 0.6) is 0 Å². The molecule has 0 bridgehead atoms. The summed E-state index contributed by atoms with van der Waals surface area (Å²) >= 11 is 0. The number of hydrogen-bond acceptors (Lipinski definition) is 2. The minimum absolute atomic E-state index is 0.770. The summed E-state index contributed by atoms with van der Waals surface area (Å²) in [7, 11) is 0. The highest BCUT2D eigenvalue weighted by Gasteiger charge is 1.98. The Morgan fingerprint density at radius 1 is 1.05 bits per heavy atom. The molecule has 2 heteroatoms. The van der Waals surface area contributed by atoms with Crippen LogP contribution >= 0.6 is 0 Å². The van der Waals surface area contributed by atoms with Crippen LogP contribution in [0.1, 0.15) is 11.1 Å². The normalized spacial score (nSPS) is 10.2. The summed E-state index contributed by atoms with van der Waals surface area (Å²) < 4.78 is 0. The van der Waals surface area contributed by atoms with Gasteiger partial charge in [-0.1, -0.05) is 24.1 Å². The molecule has 1 heterocycles. The van der Waals surface area contributed by atoms with Crippen LogP contribution in [0.15, 0.2) is 60.9 Å². The van der Waals surface area contributed by atoms with E-state index in [-0.39, 0.29) is 0 Å². The number of nitrogens with one attached hydrogen (secondary N) is 1. The molecule has 96 valence electrons. The van der Waals surface area contributed by atoms with E-state index >= 15 is 0 Å². The van der Waals surface area contributed by atoms with E-state index in [0.29, 0.717) is 0 Å². The van der Waals surface area contributed by atoms with Gasteiger partial charge in [0.25, 0.3) is 0 Å². The second kappa shape index (κ2) is 5.46. The van der Waals surface area contributed by atoms with Crippen molar-refractivity contribution in [3.05, 3.63) is 72.1 Å². The van der Waals surface area contributed by atoms with Crippen molar-refractivity contribution in [2.75, 3.05) is 5.32 Å². The molecule has 0 radical (unpaired) electrons. The first-order valence-corrected chi connectivity index (χ1v) is 6.48. The van der Waals surface area contributed by atoms with Crippen LogP contribution in [-0.4, -0.2) is 4.98 Å². The number of fused-ring (bicyclic) bond motifs is 1. The average molecular weight is 258 g/mol. The van der Waals surface area contributed by atoms with Crippen LogP contribution in [0.4, 0.5) is 5.69 Å². The van der Waals surface area contributed by atoms with Gasteiger partial charge >= 0.3 is 0 Å². The first kappa shape index (κ1) is 12.3. The molecular weight excluding hydrogens is 244 g/mol. The Hall–Kier alpha value is -2.79. The molecule has 3 aromatic rings. The number of nitrogens with zero attached hydrogens (tertiary/aromatic N) is 1. The van der Waals surface area contributed by atoms with Gasteiger partial charge < -0.3 is 5.32 Å². The molecule has 0 aliphatic carbocycles. The molecule has 0 aliphatic heterocycles. The molecule has 1 N–H and O–H groups in total. The lowest BCUT2D eigenvalue weighted by atomic mass is 10.1. The smallest absolute Gasteiger partial charge is 0.0401 e. The maximum absolute atomic E-state index is 5.40. The Kier molecular flexibility index (Phi) is 3.34. The Morgan fingerprint density at radius 3 is 2.90 bits per heavy atom. The quantitative estimate of drug-likeness (QED) is 0.722. The monoisotopic (exact) mass is 258 g/mol. The molecule has 0 atom stereocenters. The lowest BCUT2D eigenvalue weighted by Crippen LogP contribution is -1.99. The van der Waals surface area contributed by atoms with Gasteiger partial charge in [0.1, 0.15) is 0 Å². The largest absolute Gasteiger partial charge is 0.381 e. The second-order valence-electron chi connectivity index (χ2n) is 4.64. The Labute approximate surface area is 118 Å². The molecule has 20 heavy (non-hydrogen) atoms. The minimum atomic E-state index is 0.770. The van der Waals surface area contributed by atoms with Crippen LogP contribution in [0, 0.1) is 12.3 Å². The van der Waals surface area contributed by atoms with Gasteiger partial charge in [-0.05, 0) is 41.3 Å². The highest BCUT2D eigenvalue weighted by Crippen LogP contribution is 2.16. The summed E-state index contributed by atoms with van der Waals surface area (Å²) in [5, 5.41) is 5.75. The lowest BCUT2D eigenvalue weighted by Gasteiger charge is -2.08. The second-order valence-corrected chi connectivity index (χ2v) is 4.64. The predicted molar refractivity (Wildman–Crippen MR) is 83.4 cm³/mol. The summed E-state index contributed by atoms with van der Waals surface area (Å²) in [6.45, 7) is 0.770. The molecule has 0 amide bonds. The van der Waals surface area contributed by atoms with E-state index in [0.717, 1.165) is 23.2 Å². The van der Waals surface area contributed by atoms with E-state index in [1.807, 2.05) is 42.7 Å². The molecule has 0 fully saturated rings. The van der Waals surface area contributed by atoms with E-state index in [2.05, 4.69) is 34.4 Å². The van der Waals surface area contributed by atoms with Crippen molar-refractivity contribution in [3.63, 3.8) is 0 Å². The van der Waals surface area contributed by atoms with Crippen molar-refractivity contribution in [1.82, 2.24) is 4.98 Å². The summed E-state index contributed by atoms with van der Waals surface area (Å²) in [5.74, 6) is 2.64. The van der Waals surface area contributed by atoms with E-state index in [9.17, 15) is 0 Å². The average Bonchev–Trinajstić information content (AvgIpc) is 2.53. The first-order valence-electron chi connectivity index (χ1n) is 6.48. The van der Waals surface area contributed by atoms with Crippen molar-refractivity contribution in [1.29, 1.82) is 0 Å². The zero-order valence-corrected chi connectivity index (χ0v) is 11.0. The van der Waals surface area contributed by atoms with E-state index in [1.165, 1.54) is 10.9 Å². The first-order chi connectivity index (χ1) is 9.85. The topological polar surface area (TPSA) is 24.9 Å². The summed E-state index contributed by atoms with van der Waals surface area (Å²) in [5.41, 5.74) is 3.16. The molecule has 0 saturated carbocycles. The van der Waals surface area contributed by atoms with Gasteiger partial charge in [0.15, 0.2) is 0 Å². The zero-order chi connectivity index (χ0) is 13.8. The van der Waals surface area contributed by atoms with Gasteiger partial charge in [0.05, 0.1) is 0 Å². The Balaban J connectivity index is 1.78. The van der Waals surface area contributed by atoms with Gasteiger partial charge in [-0.15, -0.1) is 6.42 Å². The van der Waals surface area contributed by atoms with E-state index in [4.69, 9.17) is 6.42 Å². The molecule has 2 nitrogen and oxygen atoms in total. The van der Waals surface area contributed by atoms with Gasteiger partial charge in [-0.3, -0.25) is 4.98 Å². The molecular formula is C18H14N2. The fourth-order valence-corrected chi connectivity index (χ4v) is 2.17. The Morgan fingerprint density at radius 2 is 2.00 bits per heavy atom. The van der Waals surface area contributed by atoms with Crippen LogP contribution < -0.4 is 5.32 Å². The van der Waals surface area contributed by atoms with Gasteiger partial charge in [-0.2, -0.15) is 0 Å². The number of benzene rings is 2. The van der Waals surface area contributed by atoms with Crippen molar-refractivity contribution >= 4 is 16.5 Å². The summed E-state index contributed by atoms with van der Waals surface area (Å²) in [6.07, 6.45) is 9.10. The number of aromatic nitrogens is 1. The lowest BCUT2D eigenvalue weighted by molar-refractivity contribution is 1.15. The SMILES string of the molecule is C#Cc1cccc(NCc2ccc3cnccc3c2)c1. The van der Waals surface area contributed by atoms with Crippen LogP contribution in [0.3, 0.4) is 0 Å². The maximum Gasteiger partial charge on any atom is 0.0401 e. The number of terminal acetylenes is 1. The molecule has 2 aromatic carbocycles. The molecule has 0 unspecified atom stereocenters. The molecule has 0 spiro atoms. The number of hydrogen-bond donors (Lipinski definition) is 1. The molecule has 0 saturated heterocycles. The van der Waals surface area contributed by atoms with Gasteiger partial charge in [0.2, 0.25) is 0 Å². The molecule has 1 aromatic heterocycles. The van der Waals surface area contributed by atoms with Crippen molar-refractivity contribution in [2.45, 2.75) is 6.54 Å². The van der Waals surface area contributed by atoms with Crippen LogP contribution in [0.2, 0.25) is 0 Å². The number of anilines is 1. The third-order valence-corrected chi connectivity index (χ3v) is 3.23. The minimum Gasteiger partial charge on any atom is -0.381 e. The third kappa shape index (κ3) is 2.62. The van der Waals surface area contributed by atoms with Gasteiger partial charge in [0, 0.05) is 35.6 Å². The highest BCUT2D eigenvalue weighted by molar-refractivity contribution is 5.82. The highest BCUT2D eigenvalue weighted by atomic mass is 14.9. The maximum atomic E-state index is 5.40. The predicted octanol–water partition coefficient (Wildman–Crippen LogP) is 3.83. The Bertz CT molecular complexity index is 785. The summed E-state index contributed by atoms with van der Waals surface area (Å²) in [4.78, 5) is 4.12. The number of rotatable bonds is 3. The number of pyridine rings is 1. The van der Waals surface area contributed by atoms with Crippen LogP contribution in [0.25, 0.3) is 10.8 Å². The fourth-order valence-electron chi connectivity index (χ4n) is 2.17. The van der Waals surface area contributed by atoms with Crippen molar-refractivity contribution in [3.8, 4) is 12.3 Å². The van der Waals surface area contributed by atoms with Crippen molar-refractivity contribution < 1.29 is 0 Å².